The van der Waals surface area contributed by atoms with Crippen LogP contribution < -0.4 is 20.7 Å². The molecule has 5 rings (SSSR count). The minimum absolute atomic E-state index is 0.558. The van der Waals surface area contributed by atoms with Gasteiger partial charge in [-0.15, -0.1) is 0 Å². The predicted octanol–water partition coefficient (Wildman–Crippen LogP) is 4.30. The van der Waals surface area contributed by atoms with Crippen LogP contribution in [0.15, 0.2) is 72.8 Å². The zero-order chi connectivity index (χ0) is 19.6. The van der Waals surface area contributed by atoms with Crippen LogP contribution in [0.3, 0.4) is 0 Å². The molecule has 0 saturated carbocycles. The molecule has 3 aromatic rings. The summed E-state index contributed by atoms with van der Waals surface area (Å²) >= 11 is 6.42. The van der Waals surface area contributed by atoms with E-state index >= 15 is 0 Å². The van der Waals surface area contributed by atoms with E-state index in [2.05, 4.69) is 83.1 Å². The lowest BCUT2D eigenvalue weighted by atomic mass is 9.83. The molecule has 2 heterocycles. The summed E-state index contributed by atoms with van der Waals surface area (Å²) in [6.45, 7) is 3.00. The third-order valence-electron chi connectivity index (χ3n) is 6.05. The first-order valence-corrected chi connectivity index (χ1v) is 10.8. The number of nitrogens with one attached hydrogen (secondary N) is 1. The molecule has 1 N–H and O–H groups in total. The van der Waals surface area contributed by atoms with Gasteiger partial charge in [0.15, 0.2) is 0 Å². The van der Waals surface area contributed by atoms with Crippen molar-refractivity contribution in [3.8, 4) is 0 Å². The molecule has 1 saturated heterocycles. The molecule has 0 aliphatic carbocycles. The lowest BCUT2D eigenvalue weighted by Gasteiger charge is -2.28. The van der Waals surface area contributed by atoms with Gasteiger partial charge in [-0.2, -0.15) is 0 Å². The highest BCUT2D eigenvalue weighted by molar-refractivity contribution is 6.30. The van der Waals surface area contributed by atoms with Gasteiger partial charge in [-0.3, -0.25) is 0 Å². The molecular formula is C26H25ClN2. The maximum Gasteiger partial charge on any atom is 0.0486 e. The van der Waals surface area contributed by atoms with Gasteiger partial charge in [0.05, 0.1) is 0 Å². The summed E-state index contributed by atoms with van der Waals surface area (Å²) in [6, 6.07) is 25.9. The van der Waals surface area contributed by atoms with Crippen molar-refractivity contribution in [2.75, 3.05) is 18.0 Å². The standard InChI is InChI=1S/C26H25ClN2/c27-22-10-11-23-21(16-22)18-29(17-19-6-2-1-3-7-19)25-9-5-4-8-24(25)26(23)20-12-14-28-15-13-20/h1-11,16,18,20,28H,12-15,17H2. The highest BCUT2D eigenvalue weighted by atomic mass is 35.5. The number of hydrogen-bond donors (Lipinski definition) is 1. The summed E-state index contributed by atoms with van der Waals surface area (Å²) in [5, 5.41) is 6.83. The van der Waals surface area contributed by atoms with Crippen LogP contribution in [0.25, 0.3) is 11.8 Å². The second kappa shape index (κ2) is 8.06. The predicted molar refractivity (Wildman–Crippen MR) is 122 cm³/mol. The Balaban J connectivity index is 1.74. The molecule has 2 aliphatic rings. The molecule has 146 valence electrons. The first-order valence-electron chi connectivity index (χ1n) is 10.4. The number of benzene rings is 3. The monoisotopic (exact) mass is 400 g/mol. The average molecular weight is 401 g/mol. The van der Waals surface area contributed by atoms with E-state index < -0.39 is 0 Å². The van der Waals surface area contributed by atoms with E-state index in [-0.39, 0.29) is 0 Å². The van der Waals surface area contributed by atoms with Gasteiger partial charge < -0.3 is 10.2 Å². The molecule has 2 nitrogen and oxygen atoms in total. The van der Waals surface area contributed by atoms with E-state index in [1.54, 1.807) is 0 Å². The Morgan fingerprint density at radius 2 is 1.66 bits per heavy atom. The number of halogens is 1. The number of para-hydroxylation sites is 1. The fraction of sp³-hybridized carbons (Fsp3) is 0.231. The van der Waals surface area contributed by atoms with Gasteiger partial charge in [0.25, 0.3) is 0 Å². The van der Waals surface area contributed by atoms with Crippen LogP contribution in [-0.2, 0) is 6.54 Å². The Labute approximate surface area is 177 Å². The lowest BCUT2D eigenvalue weighted by Crippen LogP contribution is -2.34. The molecule has 0 radical (unpaired) electrons. The van der Waals surface area contributed by atoms with Crippen LogP contribution in [0.5, 0.6) is 0 Å². The molecule has 2 aliphatic heterocycles. The second-order valence-electron chi connectivity index (χ2n) is 7.93. The topological polar surface area (TPSA) is 15.3 Å². The molecule has 29 heavy (non-hydrogen) atoms. The van der Waals surface area contributed by atoms with Crippen molar-refractivity contribution < 1.29 is 0 Å². The van der Waals surface area contributed by atoms with Crippen LogP contribution in [0.2, 0.25) is 5.02 Å². The number of hydrogen-bond acceptors (Lipinski definition) is 2. The Morgan fingerprint density at radius 1 is 0.897 bits per heavy atom. The molecule has 0 amide bonds. The van der Waals surface area contributed by atoms with Crippen LogP contribution in [0.4, 0.5) is 5.69 Å². The lowest BCUT2D eigenvalue weighted by molar-refractivity contribution is 0.445. The molecule has 1 fully saturated rings. The van der Waals surface area contributed by atoms with Crippen LogP contribution >= 0.6 is 11.6 Å². The summed E-state index contributed by atoms with van der Waals surface area (Å²) in [6.07, 6.45) is 4.62. The molecule has 0 aromatic heterocycles. The van der Waals surface area contributed by atoms with Crippen molar-refractivity contribution in [1.29, 1.82) is 0 Å². The zero-order valence-corrected chi connectivity index (χ0v) is 17.2. The maximum absolute atomic E-state index is 6.42. The largest absolute Gasteiger partial charge is 0.342 e. The van der Waals surface area contributed by atoms with Gasteiger partial charge >= 0.3 is 0 Å². The number of piperidine rings is 1. The number of nitrogens with zero attached hydrogens (tertiary/aromatic N) is 1. The minimum Gasteiger partial charge on any atom is -0.342 e. The van der Waals surface area contributed by atoms with Gasteiger partial charge in [0, 0.05) is 29.0 Å². The summed E-state index contributed by atoms with van der Waals surface area (Å²) in [5.41, 5.74) is 5.40. The number of rotatable bonds is 3. The first-order chi connectivity index (χ1) is 14.3. The molecule has 0 atom stereocenters. The third kappa shape index (κ3) is 3.71. The molecule has 3 heteroatoms. The molecule has 0 bridgehead atoms. The Bertz CT molecular complexity index is 1130. The van der Waals surface area contributed by atoms with Crippen molar-refractivity contribution in [3.63, 3.8) is 0 Å². The van der Waals surface area contributed by atoms with Crippen LogP contribution in [0, 0.1) is 5.92 Å². The van der Waals surface area contributed by atoms with Crippen molar-refractivity contribution in [2.45, 2.75) is 19.4 Å². The summed E-state index contributed by atoms with van der Waals surface area (Å²) in [7, 11) is 0. The highest BCUT2D eigenvalue weighted by Crippen LogP contribution is 2.35. The smallest absolute Gasteiger partial charge is 0.0486 e. The SMILES string of the molecule is Clc1ccc2c(c1)=CN(Cc1ccccc1)c1ccccc1C=2C1CCNCC1. The summed E-state index contributed by atoms with van der Waals surface area (Å²) < 4.78 is 0. The average Bonchev–Trinajstić information content (AvgIpc) is 2.89. The van der Waals surface area contributed by atoms with Gasteiger partial charge in [-0.25, -0.2) is 0 Å². The van der Waals surface area contributed by atoms with Gasteiger partial charge in [0.2, 0.25) is 0 Å². The number of fused-ring (bicyclic) bond motifs is 2. The maximum atomic E-state index is 6.42. The zero-order valence-electron chi connectivity index (χ0n) is 16.4. The normalized spacial score (nSPS) is 16.6. The van der Waals surface area contributed by atoms with Crippen molar-refractivity contribution in [1.82, 2.24) is 5.32 Å². The summed E-state index contributed by atoms with van der Waals surface area (Å²) in [4.78, 5) is 2.38. The van der Waals surface area contributed by atoms with E-state index in [1.165, 1.54) is 45.7 Å². The minimum atomic E-state index is 0.558. The van der Waals surface area contributed by atoms with Gasteiger partial charge in [0.1, 0.15) is 0 Å². The first kappa shape index (κ1) is 18.5. The number of anilines is 1. The summed E-state index contributed by atoms with van der Waals surface area (Å²) in [5.74, 6) is 0.558. The Morgan fingerprint density at radius 3 is 2.48 bits per heavy atom. The van der Waals surface area contributed by atoms with Gasteiger partial charge in [-0.1, -0.05) is 66.2 Å². The molecule has 3 aromatic carbocycles. The fourth-order valence-corrected chi connectivity index (χ4v) is 4.86. The van der Waals surface area contributed by atoms with E-state index in [0.29, 0.717) is 5.92 Å². The van der Waals surface area contributed by atoms with E-state index in [1.807, 2.05) is 6.07 Å². The Hall–Kier alpha value is -2.55. The second-order valence-corrected chi connectivity index (χ2v) is 8.37. The Kier molecular flexibility index (Phi) is 5.13. The van der Waals surface area contributed by atoms with E-state index in [9.17, 15) is 0 Å². The van der Waals surface area contributed by atoms with Crippen molar-refractivity contribution in [2.24, 2.45) is 5.92 Å². The third-order valence-corrected chi connectivity index (χ3v) is 6.28. The quantitative estimate of drug-likeness (QED) is 0.705. The fourth-order valence-electron chi connectivity index (χ4n) is 4.68. The molecular weight excluding hydrogens is 376 g/mol. The highest BCUT2D eigenvalue weighted by Gasteiger charge is 2.24. The molecule has 0 unspecified atom stereocenters. The molecule has 0 spiro atoms. The van der Waals surface area contributed by atoms with Gasteiger partial charge in [-0.05, 0) is 71.6 Å². The van der Waals surface area contributed by atoms with Crippen LogP contribution in [-0.4, -0.2) is 13.1 Å². The van der Waals surface area contributed by atoms with E-state index in [4.69, 9.17) is 11.6 Å². The van der Waals surface area contributed by atoms with Crippen molar-refractivity contribution >= 4 is 29.1 Å². The van der Waals surface area contributed by atoms with Crippen LogP contribution in [0.1, 0.15) is 24.0 Å². The van der Waals surface area contributed by atoms with Crippen molar-refractivity contribution in [3.05, 3.63) is 99.4 Å². The van der Waals surface area contributed by atoms with E-state index in [0.717, 1.165) is 24.7 Å².